The Labute approximate surface area is 95.1 Å². The summed E-state index contributed by atoms with van der Waals surface area (Å²) in [5.74, 6) is 0. The van der Waals surface area contributed by atoms with Crippen LogP contribution >= 0.6 is 0 Å². The van der Waals surface area contributed by atoms with E-state index in [2.05, 4.69) is 4.98 Å². The Morgan fingerprint density at radius 3 is 2.12 bits per heavy atom. The van der Waals surface area contributed by atoms with Gasteiger partial charge >= 0.3 is 0 Å². The minimum atomic E-state index is -3.37. The fourth-order valence-corrected chi connectivity index (χ4v) is 3.02. The molecular weight excluding hydrogens is 222 g/mol. The number of hydrogen-bond donors (Lipinski definition) is 1. The molecule has 1 aromatic heterocycles. The summed E-state index contributed by atoms with van der Waals surface area (Å²) in [6, 6.07) is 6.87. The molecule has 0 unspecified atom stereocenters. The molecule has 2 rings (SSSR count). The highest BCUT2D eigenvalue weighted by Gasteiger charge is 2.19. The van der Waals surface area contributed by atoms with Gasteiger partial charge in [0, 0.05) is 12.4 Å². The van der Waals surface area contributed by atoms with Gasteiger partial charge in [-0.15, -0.1) is 0 Å². The predicted octanol–water partition coefficient (Wildman–Crippen LogP) is 2.46. The molecule has 0 bridgehead atoms. The Hall–Kier alpha value is -1.55. The van der Waals surface area contributed by atoms with E-state index in [0.717, 1.165) is 11.1 Å². The first-order chi connectivity index (χ1) is 7.51. The van der Waals surface area contributed by atoms with Gasteiger partial charge in [0.25, 0.3) is 0 Å². The molecule has 16 heavy (non-hydrogen) atoms. The smallest absolute Gasteiger partial charge is 0.208 e. The maximum Gasteiger partial charge on any atom is 0.208 e. The van der Waals surface area contributed by atoms with Crippen molar-refractivity contribution in [3.8, 4) is 0 Å². The minimum Gasteiger partial charge on any atom is -0.366 e. The molecule has 0 aliphatic heterocycles. The predicted molar refractivity (Wildman–Crippen MR) is 62.2 cm³/mol. The van der Waals surface area contributed by atoms with E-state index in [0.29, 0.717) is 9.79 Å². The average Bonchev–Trinajstić information content (AvgIpc) is 2.66. The molecule has 0 aliphatic carbocycles. The number of rotatable bonds is 2. The summed E-state index contributed by atoms with van der Waals surface area (Å²) in [5.41, 5.74) is 1.78. The van der Waals surface area contributed by atoms with Crippen molar-refractivity contribution >= 4 is 9.84 Å². The Balaban J connectivity index is 2.56. The first-order valence-electron chi connectivity index (χ1n) is 4.97. The molecule has 0 atom stereocenters. The molecule has 0 saturated heterocycles. The highest BCUT2D eigenvalue weighted by Crippen LogP contribution is 2.23. The molecule has 1 aromatic carbocycles. The van der Waals surface area contributed by atoms with Gasteiger partial charge in [-0.2, -0.15) is 0 Å². The van der Waals surface area contributed by atoms with Gasteiger partial charge in [-0.25, -0.2) is 8.42 Å². The Bertz CT molecular complexity index is 594. The van der Waals surface area contributed by atoms with Gasteiger partial charge in [0.1, 0.15) is 0 Å². The van der Waals surface area contributed by atoms with Crippen LogP contribution in [0.2, 0.25) is 0 Å². The summed E-state index contributed by atoms with van der Waals surface area (Å²) < 4.78 is 24.4. The standard InChI is InChI=1S/C12H13NO2S/c1-9-3-5-11(6-4-9)16(14,15)12-8-13-7-10(12)2/h3-8,13H,1-2H3. The van der Waals surface area contributed by atoms with E-state index in [-0.39, 0.29) is 0 Å². The number of nitrogens with one attached hydrogen (secondary N) is 1. The minimum absolute atomic E-state index is 0.334. The van der Waals surface area contributed by atoms with Gasteiger partial charge in [-0.3, -0.25) is 0 Å². The molecular formula is C12H13NO2S. The number of aromatic amines is 1. The zero-order chi connectivity index (χ0) is 11.8. The van der Waals surface area contributed by atoms with Crippen molar-refractivity contribution in [2.24, 2.45) is 0 Å². The van der Waals surface area contributed by atoms with Crippen LogP contribution in [-0.2, 0) is 9.84 Å². The van der Waals surface area contributed by atoms with Gasteiger partial charge in [0.05, 0.1) is 9.79 Å². The number of benzene rings is 1. The topological polar surface area (TPSA) is 49.9 Å². The molecule has 0 aliphatic rings. The lowest BCUT2D eigenvalue weighted by atomic mass is 10.2. The molecule has 0 spiro atoms. The van der Waals surface area contributed by atoms with Crippen LogP contribution in [0.1, 0.15) is 11.1 Å². The van der Waals surface area contributed by atoms with Crippen LogP contribution < -0.4 is 0 Å². The average molecular weight is 235 g/mol. The number of aryl methyl sites for hydroxylation is 2. The van der Waals surface area contributed by atoms with Gasteiger partial charge in [0.2, 0.25) is 9.84 Å². The number of hydrogen-bond acceptors (Lipinski definition) is 2. The van der Waals surface area contributed by atoms with Gasteiger partial charge in [-0.05, 0) is 31.5 Å². The second kappa shape index (κ2) is 3.79. The van der Waals surface area contributed by atoms with Crippen molar-refractivity contribution < 1.29 is 8.42 Å². The second-order valence-corrected chi connectivity index (χ2v) is 5.74. The Morgan fingerprint density at radius 1 is 1.00 bits per heavy atom. The third-order valence-electron chi connectivity index (χ3n) is 2.52. The van der Waals surface area contributed by atoms with E-state index in [1.54, 1.807) is 37.4 Å². The van der Waals surface area contributed by atoms with Crippen molar-refractivity contribution in [3.63, 3.8) is 0 Å². The highest BCUT2D eigenvalue weighted by molar-refractivity contribution is 7.91. The fourth-order valence-electron chi connectivity index (χ4n) is 1.56. The summed E-state index contributed by atoms with van der Waals surface area (Å²) in [5, 5.41) is 0. The van der Waals surface area contributed by atoms with Crippen LogP contribution in [0.3, 0.4) is 0 Å². The van der Waals surface area contributed by atoms with E-state index >= 15 is 0 Å². The van der Waals surface area contributed by atoms with Crippen LogP contribution in [0.5, 0.6) is 0 Å². The van der Waals surface area contributed by atoms with Crippen LogP contribution in [0.4, 0.5) is 0 Å². The second-order valence-electron chi connectivity index (χ2n) is 3.82. The quantitative estimate of drug-likeness (QED) is 0.869. The van der Waals surface area contributed by atoms with E-state index in [1.165, 1.54) is 6.20 Å². The van der Waals surface area contributed by atoms with Crippen LogP contribution in [0, 0.1) is 13.8 Å². The zero-order valence-electron chi connectivity index (χ0n) is 9.19. The van der Waals surface area contributed by atoms with Crippen molar-refractivity contribution in [2.75, 3.05) is 0 Å². The summed E-state index contributed by atoms with van der Waals surface area (Å²) in [6.45, 7) is 3.70. The molecule has 0 amide bonds. The third-order valence-corrected chi connectivity index (χ3v) is 4.44. The van der Waals surface area contributed by atoms with Crippen molar-refractivity contribution in [1.29, 1.82) is 0 Å². The van der Waals surface area contributed by atoms with Crippen LogP contribution in [0.25, 0.3) is 0 Å². The van der Waals surface area contributed by atoms with Crippen LogP contribution in [0.15, 0.2) is 46.5 Å². The van der Waals surface area contributed by atoms with Crippen molar-refractivity contribution in [1.82, 2.24) is 4.98 Å². The monoisotopic (exact) mass is 235 g/mol. The zero-order valence-corrected chi connectivity index (χ0v) is 10.0. The lowest BCUT2D eigenvalue weighted by Crippen LogP contribution is -2.02. The Morgan fingerprint density at radius 2 is 1.62 bits per heavy atom. The maximum absolute atomic E-state index is 12.2. The Kier molecular flexibility index (Phi) is 2.59. The van der Waals surface area contributed by atoms with E-state index in [1.807, 2.05) is 6.92 Å². The third kappa shape index (κ3) is 1.76. The van der Waals surface area contributed by atoms with E-state index in [4.69, 9.17) is 0 Å². The normalized spacial score (nSPS) is 11.6. The van der Waals surface area contributed by atoms with Gasteiger partial charge in [-0.1, -0.05) is 17.7 Å². The van der Waals surface area contributed by atoms with Gasteiger partial charge < -0.3 is 4.98 Å². The molecule has 4 heteroatoms. The molecule has 0 fully saturated rings. The number of aromatic nitrogens is 1. The molecule has 1 N–H and O–H groups in total. The molecule has 3 nitrogen and oxygen atoms in total. The lowest BCUT2D eigenvalue weighted by Gasteiger charge is -2.03. The SMILES string of the molecule is Cc1ccc(S(=O)(=O)c2c[nH]cc2C)cc1. The summed E-state index contributed by atoms with van der Waals surface area (Å²) in [4.78, 5) is 3.48. The molecule has 0 radical (unpaired) electrons. The first-order valence-corrected chi connectivity index (χ1v) is 6.45. The van der Waals surface area contributed by atoms with Gasteiger partial charge in [0.15, 0.2) is 0 Å². The maximum atomic E-state index is 12.2. The van der Waals surface area contributed by atoms with Crippen LogP contribution in [-0.4, -0.2) is 13.4 Å². The number of H-pyrrole nitrogens is 1. The van der Waals surface area contributed by atoms with Crippen molar-refractivity contribution in [2.45, 2.75) is 23.6 Å². The van der Waals surface area contributed by atoms with E-state index in [9.17, 15) is 8.42 Å². The highest BCUT2D eigenvalue weighted by atomic mass is 32.2. The first kappa shape index (κ1) is 11.0. The number of sulfone groups is 1. The molecule has 1 heterocycles. The van der Waals surface area contributed by atoms with Crippen molar-refractivity contribution in [3.05, 3.63) is 47.8 Å². The largest absolute Gasteiger partial charge is 0.366 e. The summed E-state index contributed by atoms with van der Waals surface area (Å²) >= 11 is 0. The molecule has 0 saturated carbocycles. The molecule has 84 valence electrons. The lowest BCUT2D eigenvalue weighted by molar-refractivity contribution is 0.595. The molecule has 2 aromatic rings. The summed E-state index contributed by atoms with van der Waals surface area (Å²) in [6.07, 6.45) is 3.20. The summed E-state index contributed by atoms with van der Waals surface area (Å²) in [7, 11) is -3.37. The van der Waals surface area contributed by atoms with E-state index < -0.39 is 9.84 Å². The fraction of sp³-hybridized carbons (Fsp3) is 0.167.